The Morgan fingerprint density at radius 3 is 2.71 bits per heavy atom. The van der Waals surface area contributed by atoms with E-state index in [2.05, 4.69) is 21.2 Å². The third-order valence-corrected chi connectivity index (χ3v) is 3.48. The topological polar surface area (TPSA) is 75.6 Å². The van der Waals surface area contributed by atoms with Crippen LogP contribution in [0.25, 0.3) is 0 Å². The lowest BCUT2D eigenvalue weighted by molar-refractivity contribution is -0.137. The van der Waals surface area contributed by atoms with Gasteiger partial charge in [-0.3, -0.25) is 9.59 Å². The van der Waals surface area contributed by atoms with Crippen LogP contribution in [0.1, 0.15) is 31.2 Å². The minimum Gasteiger partial charge on any atom is -0.496 e. The van der Waals surface area contributed by atoms with Crippen molar-refractivity contribution in [1.82, 2.24) is 5.32 Å². The molecule has 5 nitrogen and oxygen atoms in total. The van der Waals surface area contributed by atoms with Gasteiger partial charge in [0.25, 0.3) is 0 Å². The molecule has 0 aliphatic heterocycles. The molecule has 0 aromatic heterocycles. The molecule has 0 unspecified atom stereocenters. The highest BCUT2D eigenvalue weighted by Gasteiger charge is 2.09. The zero-order valence-electron chi connectivity index (χ0n) is 12.0. The molecule has 1 amide bonds. The monoisotopic (exact) mass is 357 g/mol. The molecule has 0 fully saturated rings. The van der Waals surface area contributed by atoms with Crippen molar-refractivity contribution in [2.75, 3.05) is 13.7 Å². The average Bonchev–Trinajstić information content (AvgIpc) is 2.42. The molecule has 0 heterocycles. The fourth-order valence-electron chi connectivity index (χ4n) is 1.93. The zero-order chi connectivity index (χ0) is 15.7. The smallest absolute Gasteiger partial charge is 0.303 e. The SMILES string of the molecule is COc1ccc(Br)cc1CC(=O)NCCCCCC(=O)O. The van der Waals surface area contributed by atoms with Crippen molar-refractivity contribution in [2.24, 2.45) is 0 Å². The van der Waals surface area contributed by atoms with Gasteiger partial charge in [-0.05, 0) is 31.0 Å². The van der Waals surface area contributed by atoms with E-state index in [1.807, 2.05) is 18.2 Å². The summed E-state index contributed by atoms with van der Waals surface area (Å²) in [5.74, 6) is -0.153. The predicted molar refractivity (Wildman–Crippen MR) is 83.5 cm³/mol. The van der Waals surface area contributed by atoms with Gasteiger partial charge in [0, 0.05) is 23.0 Å². The number of halogens is 1. The molecule has 1 aromatic rings. The van der Waals surface area contributed by atoms with Crippen molar-refractivity contribution in [1.29, 1.82) is 0 Å². The van der Waals surface area contributed by atoms with Gasteiger partial charge in [0.15, 0.2) is 0 Å². The number of amides is 1. The Bertz CT molecular complexity index is 491. The van der Waals surface area contributed by atoms with Crippen molar-refractivity contribution < 1.29 is 19.4 Å². The number of ether oxygens (including phenoxy) is 1. The Morgan fingerprint density at radius 1 is 1.29 bits per heavy atom. The molecule has 0 atom stereocenters. The van der Waals surface area contributed by atoms with Gasteiger partial charge >= 0.3 is 5.97 Å². The molecule has 0 bridgehead atoms. The molecule has 1 rings (SSSR count). The largest absolute Gasteiger partial charge is 0.496 e. The van der Waals surface area contributed by atoms with Crippen molar-refractivity contribution >= 4 is 27.8 Å². The second kappa shape index (κ2) is 9.39. The fraction of sp³-hybridized carbons (Fsp3) is 0.467. The predicted octanol–water partition coefficient (Wildman–Crippen LogP) is 2.76. The number of rotatable bonds is 9. The Morgan fingerprint density at radius 2 is 2.05 bits per heavy atom. The van der Waals surface area contributed by atoms with Crippen LogP contribution in [0.15, 0.2) is 22.7 Å². The molecule has 0 radical (unpaired) electrons. The molecular formula is C15H20BrNO4. The van der Waals surface area contributed by atoms with Gasteiger partial charge in [-0.1, -0.05) is 22.4 Å². The first-order chi connectivity index (χ1) is 10.0. The van der Waals surface area contributed by atoms with E-state index in [0.29, 0.717) is 18.7 Å². The summed E-state index contributed by atoms with van der Waals surface area (Å²) < 4.78 is 6.13. The van der Waals surface area contributed by atoms with Gasteiger partial charge in [0.05, 0.1) is 13.5 Å². The van der Waals surface area contributed by atoms with E-state index in [4.69, 9.17) is 9.84 Å². The van der Waals surface area contributed by atoms with E-state index in [1.165, 1.54) is 0 Å². The molecule has 21 heavy (non-hydrogen) atoms. The number of carboxylic acid groups (broad SMARTS) is 1. The number of carbonyl (C=O) groups excluding carboxylic acids is 1. The van der Waals surface area contributed by atoms with Gasteiger partial charge < -0.3 is 15.2 Å². The summed E-state index contributed by atoms with van der Waals surface area (Å²) in [6.45, 7) is 0.564. The molecule has 2 N–H and O–H groups in total. The Labute approximate surface area is 132 Å². The Balaban J connectivity index is 2.31. The number of carbonyl (C=O) groups is 2. The van der Waals surface area contributed by atoms with Crippen molar-refractivity contribution in [3.8, 4) is 5.75 Å². The maximum Gasteiger partial charge on any atom is 0.303 e. The minimum atomic E-state index is -0.777. The van der Waals surface area contributed by atoms with Gasteiger partial charge in [-0.2, -0.15) is 0 Å². The third-order valence-electron chi connectivity index (χ3n) is 2.98. The van der Waals surface area contributed by atoms with Crippen LogP contribution in [0.2, 0.25) is 0 Å². The van der Waals surface area contributed by atoms with Gasteiger partial charge in [0.1, 0.15) is 5.75 Å². The summed E-state index contributed by atoms with van der Waals surface area (Å²) in [5, 5.41) is 11.3. The Kier molecular flexibility index (Phi) is 7.82. The number of hydrogen-bond donors (Lipinski definition) is 2. The first kappa shape index (κ1) is 17.5. The van der Waals surface area contributed by atoms with E-state index in [-0.39, 0.29) is 18.7 Å². The number of methoxy groups -OCH3 is 1. The van der Waals surface area contributed by atoms with E-state index in [1.54, 1.807) is 7.11 Å². The van der Waals surface area contributed by atoms with E-state index < -0.39 is 5.97 Å². The highest BCUT2D eigenvalue weighted by molar-refractivity contribution is 9.10. The third kappa shape index (κ3) is 7.13. The highest BCUT2D eigenvalue weighted by atomic mass is 79.9. The van der Waals surface area contributed by atoms with E-state index in [9.17, 15) is 9.59 Å². The van der Waals surface area contributed by atoms with Crippen LogP contribution in [0, 0.1) is 0 Å². The molecule has 0 saturated carbocycles. The highest BCUT2D eigenvalue weighted by Crippen LogP contribution is 2.23. The number of hydrogen-bond acceptors (Lipinski definition) is 3. The number of aliphatic carboxylic acids is 1. The van der Waals surface area contributed by atoms with E-state index in [0.717, 1.165) is 22.9 Å². The lowest BCUT2D eigenvalue weighted by Gasteiger charge is -2.09. The van der Waals surface area contributed by atoms with Crippen LogP contribution in [0.3, 0.4) is 0 Å². The first-order valence-electron chi connectivity index (χ1n) is 6.84. The number of unbranched alkanes of at least 4 members (excludes halogenated alkanes) is 2. The summed E-state index contributed by atoms with van der Waals surface area (Å²) in [4.78, 5) is 22.2. The van der Waals surface area contributed by atoms with Gasteiger partial charge in [-0.15, -0.1) is 0 Å². The maximum atomic E-state index is 11.9. The van der Waals surface area contributed by atoms with E-state index >= 15 is 0 Å². The number of carboxylic acids is 1. The summed E-state index contributed by atoms with van der Waals surface area (Å²) in [6.07, 6.45) is 2.67. The second-order valence-electron chi connectivity index (χ2n) is 4.69. The van der Waals surface area contributed by atoms with Gasteiger partial charge in [-0.25, -0.2) is 0 Å². The van der Waals surface area contributed by atoms with Crippen molar-refractivity contribution in [3.63, 3.8) is 0 Å². The first-order valence-corrected chi connectivity index (χ1v) is 7.63. The van der Waals surface area contributed by atoms with Crippen LogP contribution in [0.5, 0.6) is 5.75 Å². The number of nitrogens with one attached hydrogen (secondary N) is 1. The summed E-state index contributed by atoms with van der Waals surface area (Å²) >= 11 is 3.37. The number of benzene rings is 1. The Hall–Kier alpha value is -1.56. The molecule has 0 saturated heterocycles. The normalized spacial score (nSPS) is 10.2. The lowest BCUT2D eigenvalue weighted by atomic mass is 10.1. The fourth-order valence-corrected chi connectivity index (χ4v) is 2.34. The molecular weight excluding hydrogens is 338 g/mol. The standard InChI is InChI=1S/C15H20BrNO4/c1-21-13-7-6-12(16)9-11(13)10-14(18)17-8-4-2-3-5-15(19)20/h6-7,9H,2-5,8,10H2,1H3,(H,17,18)(H,19,20). The van der Waals surface area contributed by atoms with Gasteiger partial charge in [0.2, 0.25) is 5.91 Å². The van der Waals surface area contributed by atoms with Crippen LogP contribution < -0.4 is 10.1 Å². The molecule has 0 spiro atoms. The minimum absolute atomic E-state index is 0.0652. The molecule has 6 heteroatoms. The average molecular weight is 358 g/mol. The molecule has 116 valence electrons. The van der Waals surface area contributed by atoms with Crippen molar-refractivity contribution in [3.05, 3.63) is 28.2 Å². The lowest BCUT2D eigenvalue weighted by Crippen LogP contribution is -2.26. The summed E-state index contributed by atoms with van der Waals surface area (Å²) in [7, 11) is 1.58. The second-order valence-corrected chi connectivity index (χ2v) is 5.60. The zero-order valence-corrected chi connectivity index (χ0v) is 13.6. The van der Waals surface area contributed by atoms with Crippen LogP contribution in [-0.4, -0.2) is 30.6 Å². The molecule has 1 aromatic carbocycles. The maximum absolute atomic E-state index is 11.9. The summed E-state index contributed by atoms with van der Waals surface area (Å²) in [5.41, 5.74) is 0.829. The van der Waals surface area contributed by atoms with Crippen LogP contribution >= 0.6 is 15.9 Å². The van der Waals surface area contributed by atoms with Crippen LogP contribution in [0.4, 0.5) is 0 Å². The molecule has 0 aliphatic carbocycles. The van der Waals surface area contributed by atoms with Crippen molar-refractivity contribution in [2.45, 2.75) is 32.1 Å². The molecule has 0 aliphatic rings. The summed E-state index contributed by atoms with van der Waals surface area (Å²) in [6, 6.07) is 5.55. The van der Waals surface area contributed by atoms with Crippen LogP contribution in [-0.2, 0) is 16.0 Å². The quantitative estimate of drug-likeness (QED) is 0.666.